The highest BCUT2D eigenvalue weighted by Crippen LogP contribution is 2.39. The fourth-order valence-electron chi connectivity index (χ4n) is 2.31. The number of para-hydroxylation sites is 1. The summed E-state index contributed by atoms with van der Waals surface area (Å²) in [5, 5.41) is 3.30. The molecule has 0 unspecified atom stereocenters. The second-order valence-corrected chi connectivity index (χ2v) is 5.24. The van der Waals surface area contributed by atoms with E-state index in [-0.39, 0.29) is 0 Å². The van der Waals surface area contributed by atoms with E-state index < -0.39 is 0 Å². The van der Waals surface area contributed by atoms with Crippen molar-refractivity contribution < 1.29 is 0 Å². The first kappa shape index (κ1) is 10.4. The van der Waals surface area contributed by atoms with E-state index >= 15 is 0 Å². The normalized spacial score (nSPS) is 11.2. The topological polar surface area (TPSA) is 41.8 Å². The summed E-state index contributed by atoms with van der Waals surface area (Å²) in [4.78, 5) is 4.63. The SMILES string of the molecule is Cc1[nH]c2c(C)cccc2c1-c1sccc1N. The smallest absolute Gasteiger partial charge is 0.0596 e. The van der Waals surface area contributed by atoms with Crippen molar-refractivity contribution in [2.24, 2.45) is 0 Å². The summed E-state index contributed by atoms with van der Waals surface area (Å²) in [6.45, 7) is 4.23. The van der Waals surface area contributed by atoms with Gasteiger partial charge in [0.2, 0.25) is 0 Å². The van der Waals surface area contributed by atoms with E-state index in [9.17, 15) is 0 Å². The molecule has 2 nitrogen and oxygen atoms in total. The fourth-order valence-corrected chi connectivity index (χ4v) is 3.24. The van der Waals surface area contributed by atoms with Gasteiger partial charge in [-0.15, -0.1) is 11.3 Å². The average Bonchev–Trinajstić information content (AvgIpc) is 2.83. The molecule has 0 spiro atoms. The van der Waals surface area contributed by atoms with Crippen molar-refractivity contribution in [2.45, 2.75) is 13.8 Å². The van der Waals surface area contributed by atoms with Gasteiger partial charge in [0, 0.05) is 22.2 Å². The van der Waals surface area contributed by atoms with Crippen LogP contribution in [0.3, 0.4) is 0 Å². The van der Waals surface area contributed by atoms with Gasteiger partial charge in [-0.3, -0.25) is 0 Å². The van der Waals surface area contributed by atoms with E-state index in [0.29, 0.717) is 0 Å². The Morgan fingerprint density at radius 2 is 2.00 bits per heavy atom. The molecule has 0 fully saturated rings. The molecule has 3 rings (SSSR count). The van der Waals surface area contributed by atoms with Crippen LogP contribution < -0.4 is 5.73 Å². The fraction of sp³-hybridized carbons (Fsp3) is 0.143. The van der Waals surface area contributed by atoms with Crippen molar-refractivity contribution >= 4 is 27.9 Å². The summed E-state index contributed by atoms with van der Waals surface area (Å²) in [5.74, 6) is 0. The molecule has 2 aromatic heterocycles. The van der Waals surface area contributed by atoms with Gasteiger partial charge in [-0.05, 0) is 30.9 Å². The van der Waals surface area contributed by atoms with Crippen molar-refractivity contribution in [1.82, 2.24) is 4.98 Å². The number of nitrogens with two attached hydrogens (primary N) is 1. The number of hydrogen-bond acceptors (Lipinski definition) is 2. The third-order valence-electron chi connectivity index (χ3n) is 3.15. The van der Waals surface area contributed by atoms with Gasteiger partial charge in [-0.1, -0.05) is 18.2 Å². The Morgan fingerprint density at radius 3 is 2.71 bits per heavy atom. The molecule has 1 aromatic carbocycles. The number of rotatable bonds is 1. The Morgan fingerprint density at radius 1 is 1.18 bits per heavy atom. The van der Waals surface area contributed by atoms with E-state index in [1.807, 2.05) is 11.4 Å². The zero-order chi connectivity index (χ0) is 12.0. The molecule has 3 aromatic rings. The van der Waals surface area contributed by atoms with Gasteiger partial charge in [0.15, 0.2) is 0 Å². The van der Waals surface area contributed by atoms with Crippen LogP contribution in [0.1, 0.15) is 11.3 Å². The first-order chi connectivity index (χ1) is 8.18. The number of nitrogens with one attached hydrogen (secondary N) is 1. The number of anilines is 1. The maximum absolute atomic E-state index is 6.03. The lowest BCUT2D eigenvalue weighted by Gasteiger charge is -2.00. The van der Waals surface area contributed by atoms with E-state index in [0.717, 1.165) is 5.69 Å². The predicted octanol–water partition coefficient (Wildman–Crippen LogP) is 4.10. The van der Waals surface area contributed by atoms with Crippen molar-refractivity contribution in [3.05, 3.63) is 40.9 Å². The van der Waals surface area contributed by atoms with Crippen LogP contribution in [0, 0.1) is 13.8 Å². The highest BCUT2D eigenvalue weighted by Gasteiger charge is 2.14. The van der Waals surface area contributed by atoms with E-state index in [1.165, 1.54) is 32.6 Å². The van der Waals surface area contributed by atoms with Crippen molar-refractivity contribution in [2.75, 3.05) is 5.73 Å². The Bertz CT molecular complexity index is 691. The summed E-state index contributed by atoms with van der Waals surface area (Å²) < 4.78 is 0. The van der Waals surface area contributed by atoms with E-state index in [4.69, 9.17) is 5.73 Å². The lowest BCUT2D eigenvalue weighted by Crippen LogP contribution is -1.84. The number of H-pyrrole nitrogens is 1. The molecule has 0 amide bonds. The van der Waals surface area contributed by atoms with Crippen LogP contribution in [0.2, 0.25) is 0 Å². The monoisotopic (exact) mass is 242 g/mol. The van der Waals surface area contributed by atoms with Crippen molar-refractivity contribution in [3.8, 4) is 10.4 Å². The second kappa shape index (κ2) is 3.64. The number of benzene rings is 1. The summed E-state index contributed by atoms with van der Waals surface area (Å²) >= 11 is 1.70. The largest absolute Gasteiger partial charge is 0.398 e. The molecular formula is C14H14N2S. The molecule has 0 saturated carbocycles. The zero-order valence-electron chi connectivity index (χ0n) is 9.87. The number of hydrogen-bond donors (Lipinski definition) is 2. The minimum atomic E-state index is 0.862. The minimum absolute atomic E-state index is 0.862. The number of aryl methyl sites for hydroxylation is 2. The quantitative estimate of drug-likeness (QED) is 0.663. The molecular weight excluding hydrogens is 228 g/mol. The molecule has 86 valence electrons. The first-order valence-electron chi connectivity index (χ1n) is 5.59. The molecule has 3 N–H and O–H groups in total. The molecule has 0 radical (unpaired) electrons. The standard InChI is InChI=1S/C14H14N2S/c1-8-4-3-5-10-12(9(2)16-13(8)10)14-11(15)6-7-17-14/h3-7,16H,15H2,1-2H3. The number of nitrogen functional groups attached to an aromatic ring is 1. The molecule has 2 heterocycles. The number of thiophene rings is 1. The predicted molar refractivity (Wildman–Crippen MR) is 75.5 cm³/mol. The van der Waals surface area contributed by atoms with Gasteiger partial charge in [0.25, 0.3) is 0 Å². The molecule has 3 heteroatoms. The number of aromatic amines is 1. The minimum Gasteiger partial charge on any atom is -0.398 e. The van der Waals surface area contributed by atoms with Crippen LogP contribution in [0.4, 0.5) is 5.69 Å². The second-order valence-electron chi connectivity index (χ2n) is 4.33. The average molecular weight is 242 g/mol. The van der Waals surface area contributed by atoms with E-state index in [1.54, 1.807) is 11.3 Å². The maximum Gasteiger partial charge on any atom is 0.0596 e. The van der Waals surface area contributed by atoms with Gasteiger partial charge >= 0.3 is 0 Å². The lowest BCUT2D eigenvalue weighted by molar-refractivity contribution is 1.29. The summed E-state index contributed by atoms with van der Waals surface area (Å²) in [5.41, 5.74) is 11.8. The van der Waals surface area contributed by atoms with Crippen LogP contribution >= 0.6 is 11.3 Å². The molecule has 0 aliphatic heterocycles. The Hall–Kier alpha value is -1.74. The maximum atomic E-state index is 6.03. The number of fused-ring (bicyclic) bond motifs is 1. The highest BCUT2D eigenvalue weighted by atomic mass is 32.1. The zero-order valence-corrected chi connectivity index (χ0v) is 10.7. The highest BCUT2D eigenvalue weighted by molar-refractivity contribution is 7.14. The summed E-state index contributed by atoms with van der Waals surface area (Å²) in [6.07, 6.45) is 0. The van der Waals surface area contributed by atoms with Crippen LogP contribution in [-0.2, 0) is 0 Å². The van der Waals surface area contributed by atoms with Crippen molar-refractivity contribution in [3.63, 3.8) is 0 Å². The molecule has 0 aliphatic rings. The molecule has 0 bridgehead atoms. The van der Waals surface area contributed by atoms with Crippen molar-refractivity contribution in [1.29, 1.82) is 0 Å². The lowest BCUT2D eigenvalue weighted by atomic mass is 10.1. The van der Waals surface area contributed by atoms with Crippen LogP contribution in [0.5, 0.6) is 0 Å². The molecule has 17 heavy (non-hydrogen) atoms. The molecule has 0 atom stereocenters. The van der Waals surface area contributed by atoms with Gasteiger partial charge < -0.3 is 10.7 Å². The third kappa shape index (κ3) is 1.46. The van der Waals surface area contributed by atoms with Crippen LogP contribution in [0.15, 0.2) is 29.6 Å². The Balaban J connectivity index is 2.41. The van der Waals surface area contributed by atoms with Gasteiger partial charge in [-0.25, -0.2) is 0 Å². The van der Waals surface area contributed by atoms with Gasteiger partial charge in [-0.2, -0.15) is 0 Å². The molecule has 0 aliphatic carbocycles. The number of aromatic nitrogens is 1. The Labute approximate surface area is 104 Å². The van der Waals surface area contributed by atoms with E-state index in [2.05, 4.69) is 37.0 Å². The third-order valence-corrected chi connectivity index (χ3v) is 4.10. The molecule has 0 saturated heterocycles. The summed E-state index contributed by atoms with van der Waals surface area (Å²) in [7, 11) is 0. The first-order valence-corrected chi connectivity index (χ1v) is 6.47. The van der Waals surface area contributed by atoms with Gasteiger partial charge in [0.05, 0.1) is 10.6 Å². The van der Waals surface area contributed by atoms with Crippen LogP contribution in [-0.4, -0.2) is 4.98 Å². The summed E-state index contributed by atoms with van der Waals surface area (Å²) in [6, 6.07) is 8.34. The van der Waals surface area contributed by atoms with Gasteiger partial charge in [0.1, 0.15) is 0 Å². The Kier molecular flexibility index (Phi) is 2.23. The van der Waals surface area contributed by atoms with Crippen LogP contribution in [0.25, 0.3) is 21.3 Å².